The summed E-state index contributed by atoms with van der Waals surface area (Å²) >= 11 is 7.98. The van der Waals surface area contributed by atoms with Gasteiger partial charge in [0.15, 0.2) is 22.5 Å². The van der Waals surface area contributed by atoms with Crippen molar-refractivity contribution < 1.29 is 22.6 Å². The van der Waals surface area contributed by atoms with Gasteiger partial charge in [-0.2, -0.15) is 9.97 Å². The Kier molecular flexibility index (Phi) is 7.53. The highest BCUT2D eigenvalue weighted by Crippen LogP contribution is 2.39. The molecule has 1 aromatic carbocycles. The number of aryl methyl sites for hydroxylation is 1. The Morgan fingerprint density at radius 1 is 1.15 bits per heavy atom. The standard InChI is InChI=1S/C21H23ClN4O5S2/c1-29-16-6-2-3-7-17(16)31-18-19(22)23-21(26-9-11-30-12-10-26)24-20(18)25-33(27,28)14-8-15-5-4-13-32-15/h2-7,13H,8-12,14H2,1H3,(H,23,24,25). The van der Waals surface area contributed by atoms with E-state index in [1.807, 2.05) is 22.4 Å². The van der Waals surface area contributed by atoms with Gasteiger partial charge in [-0.15, -0.1) is 11.3 Å². The first-order chi connectivity index (χ1) is 15.9. The number of benzene rings is 1. The number of rotatable bonds is 9. The molecule has 1 N–H and O–H groups in total. The molecule has 0 radical (unpaired) electrons. The number of aromatic nitrogens is 2. The van der Waals surface area contributed by atoms with Crippen LogP contribution in [0.25, 0.3) is 0 Å². The quantitative estimate of drug-likeness (QED) is 0.433. The van der Waals surface area contributed by atoms with Crippen molar-refractivity contribution in [3.63, 3.8) is 0 Å². The van der Waals surface area contributed by atoms with Gasteiger partial charge in [-0.25, -0.2) is 8.42 Å². The molecule has 1 saturated heterocycles. The molecule has 176 valence electrons. The molecule has 0 saturated carbocycles. The molecule has 9 nitrogen and oxygen atoms in total. The number of methoxy groups -OCH3 is 1. The Bertz CT molecular complexity index is 1190. The largest absolute Gasteiger partial charge is 0.493 e. The van der Waals surface area contributed by atoms with Crippen LogP contribution in [0.1, 0.15) is 4.88 Å². The van der Waals surface area contributed by atoms with Gasteiger partial charge in [0, 0.05) is 18.0 Å². The number of para-hydroxylation sites is 2. The van der Waals surface area contributed by atoms with Crippen LogP contribution < -0.4 is 19.1 Å². The summed E-state index contributed by atoms with van der Waals surface area (Å²) in [5, 5.41) is 1.89. The first-order valence-electron chi connectivity index (χ1n) is 10.2. The lowest BCUT2D eigenvalue weighted by Crippen LogP contribution is -2.37. The number of nitrogens with zero attached hydrogens (tertiary/aromatic N) is 3. The van der Waals surface area contributed by atoms with Gasteiger partial charge in [0.1, 0.15) is 0 Å². The lowest BCUT2D eigenvalue weighted by molar-refractivity contribution is 0.122. The molecule has 0 bridgehead atoms. The third kappa shape index (κ3) is 6.05. The van der Waals surface area contributed by atoms with E-state index in [1.165, 1.54) is 18.4 Å². The molecule has 0 spiro atoms. The summed E-state index contributed by atoms with van der Waals surface area (Å²) in [5.74, 6) is 0.954. The average Bonchev–Trinajstić information content (AvgIpc) is 3.34. The van der Waals surface area contributed by atoms with Crippen molar-refractivity contribution >= 4 is 44.7 Å². The third-order valence-electron chi connectivity index (χ3n) is 4.84. The molecule has 3 aromatic rings. The Morgan fingerprint density at radius 3 is 2.61 bits per heavy atom. The van der Waals surface area contributed by atoms with Gasteiger partial charge in [0.2, 0.25) is 21.7 Å². The molecule has 1 aliphatic rings. The summed E-state index contributed by atoms with van der Waals surface area (Å²) in [4.78, 5) is 11.7. The number of nitrogens with one attached hydrogen (secondary N) is 1. The Hall–Kier alpha value is -2.60. The van der Waals surface area contributed by atoms with Crippen molar-refractivity contribution in [2.45, 2.75) is 6.42 Å². The molecule has 33 heavy (non-hydrogen) atoms. The maximum absolute atomic E-state index is 12.9. The molecule has 3 heterocycles. The fourth-order valence-corrected chi connectivity index (χ4v) is 5.24. The van der Waals surface area contributed by atoms with Gasteiger partial charge in [-0.1, -0.05) is 29.8 Å². The van der Waals surface area contributed by atoms with Gasteiger partial charge in [-0.3, -0.25) is 4.72 Å². The number of halogens is 1. The predicted molar refractivity (Wildman–Crippen MR) is 129 cm³/mol. The van der Waals surface area contributed by atoms with E-state index in [-0.39, 0.29) is 22.5 Å². The van der Waals surface area contributed by atoms with Crippen LogP contribution in [-0.4, -0.2) is 57.6 Å². The van der Waals surface area contributed by atoms with E-state index in [1.54, 1.807) is 24.3 Å². The molecule has 0 atom stereocenters. The van der Waals surface area contributed by atoms with Crippen molar-refractivity contribution in [3.05, 3.63) is 51.8 Å². The highest BCUT2D eigenvalue weighted by Gasteiger charge is 2.24. The molecule has 1 aliphatic heterocycles. The first kappa shape index (κ1) is 23.6. The molecular weight excluding hydrogens is 488 g/mol. The van der Waals surface area contributed by atoms with E-state index < -0.39 is 10.0 Å². The predicted octanol–water partition coefficient (Wildman–Crippen LogP) is 3.81. The summed E-state index contributed by atoms with van der Waals surface area (Å²) in [6, 6.07) is 10.7. The summed E-state index contributed by atoms with van der Waals surface area (Å²) in [6.07, 6.45) is 0.380. The monoisotopic (exact) mass is 510 g/mol. The van der Waals surface area contributed by atoms with Crippen molar-refractivity contribution in [3.8, 4) is 17.2 Å². The Morgan fingerprint density at radius 2 is 1.91 bits per heavy atom. The SMILES string of the molecule is COc1ccccc1Oc1c(Cl)nc(N2CCOCC2)nc1NS(=O)(=O)CCc1cccs1. The summed E-state index contributed by atoms with van der Waals surface area (Å²) in [7, 11) is -2.24. The second-order valence-corrected chi connectivity index (χ2v) is 10.3. The number of anilines is 2. The Balaban J connectivity index is 1.66. The zero-order chi connectivity index (χ0) is 23.3. The lowest BCUT2D eigenvalue weighted by Gasteiger charge is -2.27. The maximum Gasteiger partial charge on any atom is 0.234 e. The van der Waals surface area contributed by atoms with Crippen molar-refractivity contribution in [1.82, 2.24) is 9.97 Å². The fraction of sp³-hybridized carbons (Fsp3) is 0.333. The van der Waals surface area contributed by atoms with Gasteiger partial charge in [0.05, 0.1) is 26.1 Å². The minimum atomic E-state index is -3.75. The number of hydrogen-bond acceptors (Lipinski definition) is 9. The fourth-order valence-electron chi connectivity index (χ4n) is 3.18. The molecule has 0 amide bonds. The Labute approximate surface area is 201 Å². The van der Waals surface area contributed by atoms with E-state index in [4.69, 9.17) is 25.8 Å². The molecule has 0 unspecified atom stereocenters. The van der Waals surface area contributed by atoms with Crippen LogP contribution in [0.3, 0.4) is 0 Å². The molecule has 2 aromatic heterocycles. The number of hydrogen-bond donors (Lipinski definition) is 1. The van der Waals surface area contributed by atoms with Crippen LogP contribution in [0.2, 0.25) is 5.15 Å². The molecule has 1 fully saturated rings. The number of ether oxygens (including phenoxy) is 3. The zero-order valence-electron chi connectivity index (χ0n) is 17.9. The smallest absolute Gasteiger partial charge is 0.234 e. The highest BCUT2D eigenvalue weighted by molar-refractivity contribution is 7.92. The minimum absolute atomic E-state index is 0.00197. The normalized spacial score (nSPS) is 14.2. The van der Waals surface area contributed by atoms with Crippen molar-refractivity contribution in [2.75, 3.05) is 48.8 Å². The second-order valence-electron chi connectivity index (χ2n) is 7.09. The van der Waals surface area contributed by atoms with Crippen LogP contribution in [-0.2, 0) is 21.2 Å². The number of morpholine rings is 1. The van der Waals surface area contributed by atoms with Gasteiger partial charge in [0.25, 0.3) is 0 Å². The van der Waals surface area contributed by atoms with Crippen LogP contribution >= 0.6 is 22.9 Å². The van der Waals surface area contributed by atoms with Crippen LogP contribution in [0.5, 0.6) is 17.2 Å². The van der Waals surface area contributed by atoms with Crippen LogP contribution in [0.15, 0.2) is 41.8 Å². The van der Waals surface area contributed by atoms with Gasteiger partial charge in [-0.05, 0) is 30.0 Å². The molecular formula is C21H23ClN4O5S2. The van der Waals surface area contributed by atoms with Crippen LogP contribution in [0.4, 0.5) is 11.8 Å². The maximum atomic E-state index is 12.9. The van der Waals surface area contributed by atoms with E-state index in [2.05, 4.69) is 14.7 Å². The third-order valence-corrected chi connectivity index (χ3v) is 7.28. The zero-order valence-corrected chi connectivity index (χ0v) is 20.3. The van der Waals surface area contributed by atoms with Gasteiger partial charge < -0.3 is 19.1 Å². The topological polar surface area (TPSA) is 103 Å². The lowest BCUT2D eigenvalue weighted by atomic mass is 10.3. The molecule has 12 heteroatoms. The molecule has 0 aliphatic carbocycles. The summed E-state index contributed by atoms with van der Waals surface area (Å²) < 4.78 is 45.0. The van der Waals surface area contributed by atoms with E-state index in [0.717, 1.165) is 4.88 Å². The summed E-state index contributed by atoms with van der Waals surface area (Å²) in [6.45, 7) is 2.16. The number of sulfonamides is 1. The molecule has 4 rings (SSSR count). The van der Waals surface area contributed by atoms with E-state index in [0.29, 0.717) is 50.2 Å². The van der Waals surface area contributed by atoms with Crippen molar-refractivity contribution in [1.29, 1.82) is 0 Å². The number of thiophene rings is 1. The first-order valence-corrected chi connectivity index (χ1v) is 13.1. The average molecular weight is 511 g/mol. The second kappa shape index (κ2) is 10.6. The van der Waals surface area contributed by atoms with Crippen molar-refractivity contribution in [2.24, 2.45) is 0 Å². The van der Waals surface area contributed by atoms with Gasteiger partial charge >= 0.3 is 0 Å². The van der Waals surface area contributed by atoms with Crippen LogP contribution in [0, 0.1) is 0 Å². The minimum Gasteiger partial charge on any atom is -0.493 e. The summed E-state index contributed by atoms with van der Waals surface area (Å²) in [5.41, 5.74) is 0. The highest BCUT2D eigenvalue weighted by atomic mass is 35.5. The van der Waals surface area contributed by atoms with E-state index >= 15 is 0 Å². The van der Waals surface area contributed by atoms with E-state index in [9.17, 15) is 8.42 Å².